The summed E-state index contributed by atoms with van der Waals surface area (Å²) in [6.45, 7) is 1.78. The molecule has 2 aromatic heterocycles. The lowest BCUT2D eigenvalue weighted by molar-refractivity contribution is 0.190. The molecular weight excluding hydrogens is 342 g/mol. The Kier molecular flexibility index (Phi) is 5.00. The van der Waals surface area contributed by atoms with Gasteiger partial charge in [-0.1, -0.05) is 47.1 Å². The predicted molar refractivity (Wildman–Crippen MR) is 93.5 cm³/mol. The molecule has 3 rings (SSSR count). The molecule has 0 saturated carbocycles. The summed E-state index contributed by atoms with van der Waals surface area (Å²) in [6, 6.07) is 12.5. The van der Waals surface area contributed by atoms with Crippen LogP contribution in [-0.2, 0) is 6.42 Å². The number of benzene rings is 1. The van der Waals surface area contributed by atoms with Gasteiger partial charge in [0.25, 0.3) is 0 Å². The van der Waals surface area contributed by atoms with Gasteiger partial charge in [0.05, 0.1) is 11.7 Å². The minimum atomic E-state index is -1.11. The number of amides is 1. The summed E-state index contributed by atoms with van der Waals surface area (Å²) in [5, 5.41) is 16.2. The first kappa shape index (κ1) is 17.0. The number of hydrogen-bond donors (Lipinski definition) is 2. The average Bonchev–Trinajstić information content (AvgIpc) is 2.97. The van der Waals surface area contributed by atoms with Crippen molar-refractivity contribution in [2.45, 2.75) is 19.4 Å². The minimum absolute atomic E-state index is 0.367. The van der Waals surface area contributed by atoms with Gasteiger partial charge in [0.15, 0.2) is 5.76 Å². The van der Waals surface area contributed by atoms with Crippen LogP contribution in [0.2, 0.25) is 5.15 Å². The van der Waals surface area contributed by atoms with E-state index in [2.05, 4.69) is 15.5 Å². The summed E-state index contributed by atoms with van der Waals surface area (Å²) in [5.41, 5.74) is 3.00. The van der Waals surface area contributed by atoms with Crippen LogP contribution in [0.1, 0.15) is 22.9 Å². The highest BCUT2D eigenvalue weighted by Gasteiger charge is 2.25. The Morgan fingerprint density at radius 3 is 2.68 bits per heavy atom. The SMILES string of the molecule is Cc1noc(-c2ccc(Cl)nc2)c1[C@@H](Cc1ccccc1)NC(=O)O. The fourth-order valence-corrected chi connectivity index (χ4v) is 2.84. The number of rotatable bonds is 5. The van der Waals surface area contributed by atoms with E-state index in [0.29, 0.717) is 34.2 Å². The van der Waals surface area contributed by atoms with E-state index in [4.69, 9.17) is 16.1 Å². The molecule has 0 aliphatic carbocycles. The highest BCUT2D eigenvalue weighted by molar-refractivity contribution is 6.29. The Bertz CT molecular complexity index is 863. The standard InChI is InChI=1S/C18H16ClN3O3/c1-11-16(17(25-22-11)13-7-8-15(19)20-10-13)14(21-18(23)24)9-12-5-3-2-4-6-12/h2-8,10,14,21H,9H2,1H3,(H,23,24)/t14-/m1/s1. The van der Waals surface area contributed by atoms with Gasteiger partial charge in [0.2, 0.25) is 0 Å². The summed E-state index contributed by atoms with van der Waals surface area (Å²) in [4.78, 5) is 15.4. The Balaban J connectivity index is 2.02. The molecule has 0 unspecified atom stereocenters. The Morgan fingerprint density at radius 2 is 2.04 bits per heavy atom. The third-order valence-electron chi connectivity index (χ3n) is 3.83. The fraction of sp³-hybridized carbons (Fsp3) is 0.167. The summed E-state index contributed by atoms with van der Waals surface area (Å²) in [7, 11) is 0. The molecule has 1 amide bonds. The predicted octanol–water partition coefficient (Wildman–Crippen LogP) is 4.25. The zero-order valence-corrected chi connectivity index (χ0v) is 14.2. The Labute approximate surface area is 149 Å². The van der Waals surface area contributed by atoms with Crippen LogP contribution in [0.25, 0.3) is 11.3 Å². The fourth-order valence-electron chi connectivity index (χ4n) is 2.73. The lowest BCUT2D eigenvalue weighted by Crippen LogP contribution is -2.29. The van der Waals surface area contributed by atoms with Gasteiger partial charge >= 0.3 is 6.09 Å². The molecule has 7 heteroatoms. The van der Waals surface area contributed by atoms with Crippen molar-refractivity contribution in [3.63, 3.8) is 0 Å². The van der Waals surface area contributed by atoms with E-state index in [1.807, 2.05) is 30.3 Å². The first-order valence-electron chi connectivity index (χ1n) is 7.66. The number of aryl methyl sites for hydroxylation is 1. The molecule has 1 atom stereocenters. The molecule has 3 aromatic rings. The van der Waals surface area contributed by atoms with Crippen LogP contribution in [0.3, 0.4) is 0 Å². The van der Waals surface area contributed by atoms with E-state index in [-0.39, 0.29) is 0 Å². The van der Waals surface area contributed by atoms with Gasteiger partial charge in [-0.2, -0.15) is 0 Å². The number of carboxylic acid groups (broad SMARTS) is 1. The number of halogens is 1. The number of hydrogen-bond acceptors (Lipinski definition) is 4. The highest BCUT2D eigenvalue weighted by atomic mass is 35.5. The van der Waals surface area contributed by atoms with Gasteiger partial charge in [-0.3, -0.25) is 0 Å². The number of aromatic nitrogens is 2. The molecule has 128 valence electrons. The van der Waals surface area contributed by atoms with Crippen molar-refractivity contribution >= 4 is 17.7 Å². The molecule has 0 spiro atoms. The van der Waals surface area contributed by atoms with Crippen LogP contribution >= 0.6 is 11.6 Å². The second-order valence-corrected chi connectivity index (χ2v) is 5.96. The van der Waals surface area contributed by atoms with Gasteiger partial charge < -0.3 is 14.9 Å². The number of carbonyl (C=O) groups is 1. The second-order valence-electron chi connectivity index (χ2n) is 5.57. The van der Waals surface area contributed by atoms with Gasteiger partial charge in [-0.25, -0.2) is 9.78 Å². The molecule has 1 aromatic carbocycles. The van der Waals surface area contributed by atoms with Crippen LogP contribution in [0, 0.1) is 6.92 Å². The van der Waals surface area contributed by atoms with Crippen molar-refractivity contribution in [2.75, 3.05) is 0 Å². The minimum Gasteiger partial charge on any atom is -0.465 e. The van der Waals surface area contributed by atoms with E-state index in [1.165, 1.54) is 0 Å². The summed E-state index contributed by atoms with van der Waals surface area (Å²) in [6.07, 6.45) is 0.941. The number of nitrogens with one attached hydrogen (secondary N) is 1. The third kappa shape index (κ3) is 3.97. The van der Waals surface area contributed by atoms with E-state index in [9.17, 15) is 9.90 Å². The maximum atomic E-state index is 11.3. The average molecular weight is 358 g/mol. The number of nitrogens with zero attached hydrogens (tertiary/aromatic N) is 2. The lowest BCUT2D eigenvalue weighted by atomic mass is 9.95. The molecule has 0 radical (unpaired) electrons. The maximum absolute atomic E-state index is 11.3. The van der Waals surface area contributed by atoms with Crippen molar-refractivity contribution in [1.29, 1.82) is 0 Å². The first-order valence-corrected chi connectivity index (χ1v) is 8.04. The molecule has 0 bridgehead atoms. The number of pyridine rings is 1. The molecule has 0 aliphatic heterocycles. The van der Waals surface area contributed by atoms with E-state index in [0.717, 1.165) is 5.56 Å². The van der Waals surface area contributed by atoms with Crippen LogP contribution < -0.4 is 5.32 Å². The molecule has 25 heavy (non-hydrogen) atoms. The Morgan fingerprint density at radius 1 is 1.28 bits per heavy atom. The van der Waals surface area contributed by atoms with Gasteiger partial charge in [0.1, 0.15) is 5.15 Å². The zero-order chi connectivity index (χ0) is 17.8. The molecule has 2 heterocycles. The van der Waals surface area contributed by atoms with Gasteiger partial charge in [-0.05, 0) is 31.0 Å². The lowest BCUT2D eigenvalue weighted by Gasteiger charge is -2.17. The highest BCUT2D eigenvalue weighted by Crippen LogP contribution is 2.32. The second kappa shape index (κ2) is 7.36. The molecular formula is C18H16ClN3O3. The summed E-state index contributed by atoms with van der Waals surface area (Å²) >= 11 is 5.84. The monoisotopic (exact) mass is 357 g/mol. The summed E-state index contributed by atoms with van der Waals surface area (Å²) < 4.78 is 5.46. The first-order chi connectivity index (χ1) is 12.0. The molecule has 6 nitrogen and oxygen atoms in total. The normalized spacial score (nSPS) is 11.9. The largest absolute Gasteiger partial charge is 0.465 e. The zero-order valence-electron chi connectivity index (χ0n) is 13.4. The van der Waals surface area contributed by atoms with Crippen molar-refractivity contribution in [3.8, 4) is 11.3 Å². The Hall–Kier alpha value is -2.86. The van der Waals surface area contributed by atoms with Crippen molar-refractivity contribution in [3.05, 3.63) is 70.6 Å². The van der Waals surface area contributed by atoms with Crippen molar-refractivity contribution < 1.29 is 14.4 Å². The molecule has 0 fully saturated rings. The molecule has 2 N–H and O–H groups in total. The van der Waals surface area contributed by atoms with Crippen molar-refractivity contribution in [1.82, 2.24) is 15.5 Å². The van der Waals surface area contributed by atoms with Crippen molar-refractivity contribution in [2.24, 2.45) is 0 Å². The van der Waals surface area contributed by atoms with Crippen LogP contribution in [-0.4, -0.2) is 21.3 Å². The van der Waals surface area contributed by atoms with Crippen LogP contribution in [0.5, 0.6) is 0 Å². The van der Waals surface area contributed by atoms with E-state index in [1.54, 1.807) is 25.3 Å². The summed E-state index contributed by atoms with van der Waals surface area (Å²) in [5.74, 6) is 0.483. The van der Waals surface area contributed by atoms with Gasteiger partial charge in [-0.15, -0.1) is 0 Å². The van der Waals surface area contributed by atoms with E-state index < -0.39 is 12.1 Å². The van der Waals surface area contributed by atoms with E-state index >= 15 is 0 Å². The van der Waals surface area contributed by atoms with Crippen LogP contribution in [0.4, 0.5) is 4.79 Å². The van der Waals surface area contributed by atoms with Gasteiger partial charge in [0, 0.05) is 17.3 Å². The topological polar surface area (TPSA) is 88.3 Å². The smallest absolute Gasteiger partial charge is 0.405 e. The van der Waals surface area contributed by atoms with Crippen LogP contribution in [0.15, 0.2) is 53.2 Å². The maximum Gasteiger partial charge on any atom is 0.405 e. The molecule has 0 saturated heterocycles. The third-order valence-corrected chi connectivity index (χ3v) is 4.05. The quantitative estimate of drug-likeness (QED) is 0.666. The molecule has 0 aliphatic rings.